The van der Waals surface area contributed by atoms with E-state index in [4.69, 9.17) is 11.6 Å². The lowest BCUT2D eigenvalue weighted by Gasteiger charge is -2.19. The number of rotatable bonds is 4. The molecule has 0 amide bonds. The first-order chi connectivity index (χ1) is 8.22. The molecular weight excluding hydrogens is 250 g/mol. The molecule has 0 fully saturated rings. The number of aromatic nitrogens is 2. The summed E-state index contributed by atoms with van der Waals surface area (Å²) in [4.78, 5) is 11.9. The SMILES string of the molecule is CC(C)n1ncc(NCCC(C)(C)C)c(Cl)c1=O. The maximum atomic E-state index is 11.9. The molecule has 0 aliphatic carbocycles. The van der Waals surface area contributed by atoms with Gasteiger partial charge in [0.15, 0.2) is 0 Å². The van der Waals surface area contributed by atoms with E-state index in [2.05, 4.69) is 31.2 Å². The number of nitrogens with zero attached hydrogens (tertiary/aromatic N) is 2. The highest BCUT2D eigenvalue weighted by molar-refractivity contribution is 6.32. The molecule has 0 spiro atoms. The summed E-state index contributed by atoms with van der Waals surface area (Å²) < 4.78 is 1.39. The summed E-state index contributed by atoms with van der Waals surface area (Å²) in [5.74, 6) is 0. The van der Waals surface area contributed by atoms with Crippen LogP contribution in [0.3, 0.4) is 0 Å². The monoisotopic (exact) mass is 271 g/mol. The minimum Gasteiger partial charge on any atom is -0.382 e. The van der Waals surface area contributed by atoms with Crippen molar-refractivity contribution in [3.63, 3.8) is 0 Å². The Labute approximate surface area is 113 Å². The fraction of sp³-hybridized carbons (Fsp3) is 0.692. The predicted octanol–water partition coefficient (Wildman–Crippen LogP) is 3.33. The van der Waals surface area contributed by atoms with Gasteiger partial charge < -0.3 is 5.32 Å². The summed E-state index contributed by atoms with van der Waals surface area (Å²) in [6.07, 6.45) is 2.61. The molecule has 1 aromatic rings. The van der Waals surface area contributed by atoms with Gasteiger partial charge >= 0.3 is 0 Å². The van der Waals surface area contributed by atoms with E-state index >= 15 is 0 Å². The number of hydrogen-bond donors (Lipinski definition) is 1. The van der Waals surface area contributed by atoms with E-state index in [9.17, 15) is 4.79 Å². The molecule has 0 bridgehead atoms. The van der Waals surface area contributed by atoms with Crippen molar-refractivity contribution >= 4 is 17.3 Å². The molecule has 5 heteroatoms. The van der Waals surface area contributed by atoms with Crippen LogP contribution in [0.4, 0.5) is 5.69 Å². The van der Waals surface area contributed by atoms with Gasteiger partial charge in [0.1, 0.15) is 5.02 Å². The van der Waals surface area contributed by atoms with Crippen LogP contribution in [0.1, 0.15) is 47.1 Å². The Morgan fingerprint density at radius 3 is 2.56 bits per heavy atom. The molecule has 102 valence electrons. The first-order valence-electron chi connectivity index (χ1n) is 6.23. The van der Waals surface area contributed by atoms with E-state index < -0.39 is 0 Å². The Morgan fingerprint density at radius 1 is 1.44 bits per heavy atom. The lowest BCUT2D eigenvalue weighted by molar-refractivity contribution is 0.389. The molecular formula is C13H22ClN3O. The largest absolute Gasteiger partial charge is 0.382 e. The zero-order chi connectivity index (χ0) is 13.9. The molecule has 0 aromatic carbocycles. The quantitative estimate of drug-likeness (QED) is 0.914. The Hall–Kier alpha value is -1.03. The second-order valence-electron chi connectivity index (χ2n) is 5.95. The van der Waals surface area contributed by atoms with Crippen molar-refractivity contribution in [3.8, 4) is 0 Å². The summed E-state index contributed by atoms with van der Waals surface area (Å²) >= 11 is 6.06. The van der Waals surface area contributed by atoms with Crippen LogP contribution in [0.5, 0.6) is 0 Å². The van der Waals surface area contributed by atoms with Gasteiger partial charge in [0.25, 0.3) is 5.56 Å². The van der Waals surface area contributed by atoms with Crippen LogP contribution in [0, 0.1) is 5.41 Å². The van der Waals surface area contributed by atoms with Gasteiger partial charge in [0.2, 0.25) is 0 Å². The van der Waals surface area contributed by atoms with Gasteiger partial charge in [-0.3, -0.25) is 4.79 Å². The topological polar surface area (TPSA) is 46.9 Å². The van der Waals surface area contributed by atoms with Crippen molar-refractivity contribution < 1.29 is 0 Å². The Bertz CT molecular complexity index is 460. The molecule has 1 aromatic heterocycles. The minimum atomic E-state index is -0.243. The first-order valence-corrected chi connectivity index (χ1v) is 6.61. The smallest absolute Gasteiger partial charge is 0.287 e. The van der Waals surface area contributed by atoms with E-state index in [0.29, 0.717) is 5.69 Å². The van der Waals surface area contributed by atoms with E-state index in [1.165, 1.54) is 4.68 Å². The van der Waals surface area contributed by atoms with Crippen LogP contribution in [-0.4, -0.2) is 16.3 Å². The van der Waals surface area contributed by atoms with Crippen molar-refractivity contribution in [3.05, 3.63) is 21.6 Å². The normalized spacial score (nSPS) is 11.9. The van der Waals surface area contributed by atoms with E-state index in [1.54, 1.807) is 6.20 Å². The average Bonchev–Trinajstić information content (AvgIpc) is 2.22. The van der Waals surface area contributed by atoms with Crippen molar-refractivity contribution in [1.82, 2.24) is 9.78 Å². The van der Waals surface area contributed by atoms with E-state index in [-0.39, 0.29) is 22.0 Å². The Balaban J connectivity index is 2.80. The van der Waals surface area contributed by atoms with Gasteiger partial charge in [0, 0.05) is 6.54 Å². The number of anilines is 1. The lowest BCUT2D eigenvalue weighted by atomic mass is 9.92. The fourth-order valence-corrected chi connectivity index (χ4v) is 1.71. The second kappa shape index (κ2) is 5.74. The number of halogens is 1. The molecule has 1 heterocycles. The second-order valence-corrected chi connectivity index (χ2v) is 6.33. The van der Waals surface area contributed by atoms with Crippen LogP contribution < -0.4 is 10.9 Å². The molecule has 0 radical (unpaired) electrons. The summed E-state index contributed by atoms with van der Waals surface area (Å²) in [5.41, 5.74) is 0.620. The van der Waals surface area contributed by atoms with Crippen molar-refractivity contribution in [2.45, 2.75) is 47.1 Å². The van der Waals surface area contributed by atoms with Crippen LogP contribution in [-0.2, 0) is 0 Å². The number of nitrogens with one attached hydrogen (secondary N) is 1. The summed E-state index contributed by atoms with van der Waals surface area (Å²) in [5, 5.41) is 7.49. The first kappa shape index (κ1) is 15.0. The predicted molar refractivity (Wildman–Crippen MR) is 76.5 cm³/mol. The molecule has 1 N–H and O–H groups in total. The van der Waals surface area contributed by atoms with Crippen molar-refractivity contribution in [1.29, 1.82) is 0 Å². The third kappa shape index (κ3) is 4.02. The molecule has 4 nitrogen and oxygen atoms in total. The molecule has 18 heavy (non-hydrogen) atoms. The Kier molecular flexibility index (Phi) is 4.79. The van der Waals surface area contributed by atoms with Crippen LogP contribution in [0.15, 0.2) is 11.0 Å². The summed E-state index contributed by atoms with van der Waals surface area (Å²) in [6.45, 7) is 11.1. The zero-order valence-electron chi connectivity index (χ0n) is 11.7. The number of hydrogen-bond acceptors (Lipinski definition) is 3. The third-order valence-corrected chi connectivity index (χ3v) is 2.99. The van der Waals surface area contributed by atoms with Crippen LogP contribution >= 0.6 is 11.6 Å². The minimum absolute atomic E-state index is 0.0126. The zero-order valence-corrected chi connectivity index (χ0v) is 12.5. The molecule has 0 aliphatic rings. The molecule has 0 saturated carbocycles. The van der Waals surface area contributed by atoms with Crippen LogP contribution in [0.25, 0.3) is 0 Å². The van der Waals surface area contributed by atoms with E-state index in [1.807, 2.05) is 13.8 Å². The van der Waals surface area contributed by atoms with Gasteiger partial charge in [0.05, 0.1) is 17.9 Å². The lowest BCUT2D eigenvalue weighted by Crippen LogP contribution is -2.26. The van der Waals surface area contributed by atoms with E-state index in [0.717, 1.165) is 13.0 Å². The average molecular weight is 272 g/mol. The van der Waals surface area contributed by atoms with Gasteiger partial charge in [-0.25, -0.2) is 4.68 Å². The van der Waals surface area contributed by atoms with Gasteiger partial charge in [-0.05, 0) is 25.7 Å². The Morgan fingerprint density at radius 2 is 2.06 bits per heavy atom. The highest BCUT2D eigenvalue weighted by Gasteiger charge is 2.13. The van der Waals surface area contributed by atoms with Gasteiger partial charge in [-0.15, -0.1) is 0 Å². The summed E-state index contributed by atoms with van der Waals surface area (Å²) in [7, 11) is 0. The van der Waals surface area contributed by atoms with Gasteiger partial charge in [-0.1, -0.05) is 32.4 Å². The van der Waals surface area contributed by atoms with Crippen molar-refractivity contribution in [2.24, 2.45) is 5.41 Å². The highest BCUT2D eigenvalue weighted by Crippen LogP contribution is 2.20. The molecule has 0 saturated heterocycles. The molecule has 0 atom stereocenters. The van der Waals surface area contributed by atoms with Gasteiger partial charge in [-0.2, -0.15) is 5.10 Å². The molecule has 0 unspecified atom stereocenters. The standard InChI is InChI=1S/C13H22ClN3O/c1-9(2)17-12(18)11(14)10(8-16-17)15-7-6-13(3,4)5/h8-9,15H,6-7H2,1-5H3. The van der Waals surface area contributed by atoms with Crippen molar-refractivity contribution in [2.75, 3.05) is 11.9 Å². The molecule has 0 aliphatic heterocycles. The fourth-order valence-electron chi connectivity index (χ4n) is 1.51. The maximum Gasteiger partial charge on any atom is 0.287 e. The third-order valence-electron chi connectivity index (χ3n) is 2.62. The van der Waals surface area contributed by atoms with Crippen LogP contribution in [0.2, 0.25) is 5.02 Å². The summed E-state index contributed by atoms with van der Waals surface area (Å²) in [6, 6.07) is 0.0126. The molecule has 1 rings (SSSR count). The maximum absolute atomic E-state index is 11.9. The highest BCUT2D eigenvalue weighted by atomic mass is 35.5.